The fraction of sp³-hybridized carbons (Fsp3) is 0.909. The first kappa shape index (κ1) is 24.9. The van der Waals surface area contributed by atoms with Crippen molar-refractivity contribution in [1.82, 2.24) is 0 Å². The number of ether oxygens (including phenoxy) is 2. The van der Waals surface area contributed by atoms with Gasteiger partial charge in [-0.15, -0.1) is 0 Å². The summed E-state index contributed by atoms with van der Waals surface area (Å²) in [6.45, 7) is 17.4. The Morgan fingerprint density at radius 2 is 0.846 bits per heavy atom. The lowest BCUT2D eigenvalue weighted by Crippen LogP contribution is -2.34. The molecule has 0 fully saturated rings. The van der Waals surface area contributed by atoms with E-state index >= 15 is 0 Å². The predicted molar refractivity (Wildman–Crippen MR) is 107 cm³/mol. The highest BCUT2D eigenvalue weighted by Gasteiger charge is 2.36. The molecule has 0 radical (unpaired) electrons. The van der Waals surface area contributed by atoms with Crippen molar-refractivity contribution < 1.29 is 19.1 Å². The van der Waals surface area contributed by atoms with Gasteiger partial charge >= 0.3 is 11.9 Å². The fourth-order valence-corrected chi connectivity index (χ4v) is 2.70. The van der Waals surface area contributed by atoms with E-state index in [9.17, 15) is 9.59 Å². The van der Waals surface area contributed by atoms with Gasteiger partial charge in [0, 0.05) is 0 Å². The Morgan fingerprint density at radius 3 is 1.08 bits per heavy atom. The second kappa shape index (κ2) is 13.2. The normalized spacial score (nSPS) is 14.2. The molecule has 2 atom stereocenters. The molecule has 2 unspecified atom stereocenters. The van der Waals surface area contributed by atoms with Crippen LogP contribution >= 0.6 is 0 Å². The van der Waals surface area contributed by atoms with E-state index in [1.165, 1.54) is 0 Å². The molecule has 154 valence electrons. The van der Waals surface area contributed by atoms with E-state index in [0.29, 0.717) is 37.9 Å². The van der Waals surface area contributed by atoms with Crippen molar-refractivity contribution in [3.63, 3.8) is 0 Å². The first-order chi connectivity index (χ1) is 12.0. The number of esters is 2. The van der Waals surface area contributed by atoms with Crippen LogP contribution in [0.2, 0.25) is 0 Å². The molecule has 0 spiro atoms. The third-order valence-electron chi connectivity index (χ3n) is 4.32. The summed E-state index contributed by atoms with van der Waals surface area (Å²) in [6, 6.07) is 0. The van der Waals surface area contributed by atoms with Gasteiger partial charge in [0.15, 0.2) is 0 Å². The van der Waals surface area contributed by atoms with Crippen LogP contribution in [0.1, 0.15) is 81.1 Å². The molecular formula is C22H42O4. The van der Waals surface area contributed by atoms with Crippen LogP contribution in [0.25, 0.3) is 0 Å². The number of carbonyl (C=O) groups excluding carboxylic acids is 2. The van der Waals surface area contributed by atoms with E-state index in [4.69, 9.17) is 9.47 Å². The summed E-state index contributed by atoms with van der Waals surface area (Å²) in [4.78, 5) is 25.5. The van der Waals surface area contributed by atoms with E-state index < -0.39 is 11.8 Å². The van der Waals surface area contributed by atoms with Crippen molar-refractivity contribution in [3.8, 4) is 0 Å². The van der Waals surface area contributed by atoms with Crippen LogP contribution in [-0.2, 0) is 19.1 Å². The number of rotatable bonds is 13. The molecule has 0 bridgehead atoms. The lowest BCUT2D eigenvalue weighted by Gasteiger charge is -2.26. The van der Waals surface area contributed by atoms with E-state index in [-0.39, 0.29) is 23.8 Å². The zero-order chi connectivity index (χ0) is 20.3. The fourth-order valence-electron chi connectivity index (χ4n) is 2.70. The third kappa shape index (κ3) is 11.5. The number of hydrogen-bond donors (Lipinski definition) is 0. The Bertz CT molecular complexity index is 361. The topological polar surface area (TPSA) is 52.6 Å². The lowest BCUT2D eigenvalue weighted by atomic mass is 9.82. The van der Waals surface area contributed by atoms with Gasteiger partial charge in [0.25, 0.3) is 0 Å². The molecule has 0 saturated carbocycles. The largest absolute Gasteiger partial charge is 0.465 e. The summed E-state index contributed by atoms with van der Waals surface area (Å²) in [5.41, 5.74) is 0. The van der Waals surface area contributed by atoms with Crippen LogP contribution in [0.15, 0.2) is 0 Å². The highest BCUT2D eigenvalue weighted by molar-refractivity contribution is 5.82. The van der Waals surface area contributed by atoms with Gasteiger partial charge in [-0.25, -0.2) is 0 Å². The first-order valence-electron chi connectivity index (χ1n) is 10.4. The van der Waals surface area contributed by atoms with Gasteiger partial charge in [0.2, 0.25) is 0 Å². The molecule has 0 aromatic carbocycles. The molecule has 0 aliphatic heterocycles. The Balaban J connectivity index is 5.29. The number of carbonyl (C=O) groups is 2. The lowest BCUT2D eigenvalue weighted by molar-refractivity contribution is -0.163. The summed E-state index contributed by atoms with van der Waals surface area (Å²) >= 11 is 0. The zero-order valence-electron chi connectivity index (χ0n) is 18.3. The average Bonchev–Trinajstić information content (AvgIpc) is 2.52. The number of hydrogen-bond acceptors (Lipinski definition) is 4. The third-order valence-corrected chi connectivity index (χ3v) is 4.32. The average molecular weight is 371 g/mol. The smallest absolute Gasteiger partial charge is 0.309 e. The van der Waals surface area contributed by atoms with Crippen molar-refractivity contribution in [3.05, 3.63) is 0 Å². The Labute approximate surface area is 161 Å². The van der Waals surface area contributed by atoms with Gasteiger partial charge in [-0.1, -0.05) is 68.2 Å². The minimum atomic E-state index is -0.408. The molecule has 0 aliphatic rings. The summed E-state index contributed by atoms with van der Waals surface area (Å²) in [5.74, 6) is 0.229. The van der Waals surface area contributed by atoms with Crippen LogP contribution in [0.4, 0.5) is 0 Å². The Hall–Kier alpha value is -1.06. The Morgan fingerprint density at radius 1 is 0.538 bits per heavy atom. The molecule has 4 nitrogen and oxygen atoms in total. The molecule has 4 heteroatoms. The summed E-state index contributed by atoms with van der Waals surface area (Å²) in [6.07, 6.45) is 3.15. The van der Waals surface area contributed by atoms with Gasteiger partial charge in [0.1, 0.15) is 0 Å². The van der Waals surface area contributed by atoms with Crippen molar-refractivity contribution in [2.75, 3.05) is 13.2 Å². The van der Waals surface area contributed by atoms with Gasteiger partial charge in [-0.05, 0) is 36.5 Å². The van der Waals surface area contributed by atoms with Gasteiger partial charge in [0.05, 0.1) is 25.0 Å². The second-order valence-corrected chi connectivity index (χ2v) is 9.20. The highest BCUT2D eigenvalue weighted by atomic mass is 16.5. The molecule has 0 heterocycles. The maximum Gasteiger partial charge on any atom is 0.309 e. The summed E-state index contributed by atoms with van der Waals surface area (Å²) < 4.78 is 11.0. The summed E-state index contributed by atoms with van der Waals surface area (Å²) in [7, 11) is 0. The molecule has 0 aliphatic carbocycles. The maximum absolute atomic E-state index is 12.8. The first-order valence-corrected chi connectivity index (χ1v) is 10.4. The SMILES string of the molecule is CC(C)CCC(C(=O)OCC(C)C)C(CCC(C)C)C(=O)OCC(C)C. The molecule has 0 rings (SSSR count). The van der Waals surface area contributed by atoms with E-state index in [1.54, 1.807) is 0 Å². The minimum Gasteiger partial charge on any atom is -0.465 e. The van der Waals surface area contributed by atoms with Crippen LogP contribution in [0, 0.1) is 35.5 Å². The van der Waals surface area contributed by atoms with Crippen LogP contribution < -0.4 is 0 Å². The van der Waals surface area contributed by atoms with E-state index in [2.05, 4.69) is 27.7 Å². The van der Waals surface area contributed by atoms with Crippen molar-refractivity contribution in [2.45, 2.75) is 81.1 Å². The molecular weight excluding hydrogens is 328 g/mol. The van der Waals surface area contributed by atoms with E-state index in [1.807, 2.05) is 27.7 Å². The van der Waals surface area contributed by atoms with E-state index in [0.717, 1.165) is 12.8 Å². The van der Waals surface area contributed by atoms with Gasteiger partial charge in [-0.2, -0.15) is 0 Å². The predicted octanol–water partition coefficient (Wildman–Crippen LogP) is 5.49. The van der Waals surface area contributed by atoms with Crippen molar-refractivity contribution >= 4 is 11.9 Å². The molecule has 0 aromatic heterocycles. The molecule has 0 saturated heterocycles. The van der Waals surface area contributed by atoms with Crippen LogP contribution in [0.3, 0.4) is 0 Å². The second-order valence-electron chi connectivity index (χ2n) is 9.20. The molecule has 26 heavy (non-hydrogen) atoms. The van der Waals surface area contributed by atoms with Gasteiger partial charge in [-0.3, -0.25) is 9.59 Å². The Kier molecular flexibility index (Phi) is 12.6. The van der Waals surface area contributed by atoms with Gasteiger partial charge < -0.3 is 9.47 Å². The quantitative estimate of drug-likeness (QED) is 0.402. The molecule has 0 amide bonds. The monoisotopic (exact) mass is 370 g/mol. The summed E-state index contributed by atoms with van der Waals surface area (Å²) in [5, 5.41) is 0. The van der Waals surface area contributed by atoms with Crippen LogP contribution in [-0.4, -0.2) is 25.2 Å². The standard InChI is InChI=1S/C22H42O4/c1-15(2)9-11-19(21(23)25-13-17(5)6)20(12-10-16(3)4)22(24)26-14-18(7)8/h15-20H,9-14H2,1-8H3. The van der Waals surface area contributed by atoms with Crippen molar-refractivity contribution in [2.24, 2.45) is 35.5 Å². The molecule has 0 N–H and O–H groups in total. The maximum atomic E-state index is 12.8. The van der Waals surface area contributed by atoms with Crippen molar-refractivity contribution in [1.29, 1.82) is 0 Å². The van der Waals surface area contributed by atoms with Crippen LogP contribution in [0.5, 0.6) is 0 Å². The minimum absolute atomic E-state index is 0.241. The highest BCUT2D eigenvalue weighted by Crippen LogP contribution is 2.29. The molecule has 0 aromatic rings. The zero-order valence-corrected chi connectivity index (χ0v) is 18.3.